The number of ether oxygens (including phenoxy) is 2. The molecule has 3 rings (SSSR count). The van der Waals surface area contributed by atoms with Gasteiger partial charge < -0.3 is 30.7 Å². The van der Waals surface area contributed by atoms with Gasteiger partial charge in [-0.05, 0) is 30.5 Å². The molecule has 2 aromatic carbocycles. The van der Waals surface area contributed by atoms with Crippen LogP contribution in [-0.2, 0) is 9.47 Å². The van der Waals surface area contributed by atoms with E-state index in [4.69, 9.17) is 43.5 Å². The molecule has 2 aromatic rings. The van der Waals surface area contributed by atoms with E-state index in [-0.39, 0.29) is 24.4 Å². The van der Waals surface area contributed by atoms with Crippen molar-refractivity contribution in [1.82, 2.24) is 5.32 Å². The number of hydrogen-bond acceptors (Lipinski definition) is 7. The summed E-state index contributed by atoms with van der Waals surface area (Å²) in [5.74, 6) is -4.24. The van der Waals surface area contributed by atoms with Crippen LogP contribution in [0.5, 0.6) is 0 Å². The van der Waals surface area contributed by atoms with Gasteiger partial charge in [0.15, 0.2) is 23.7 Å². The van der Waals surface area contributed by atoms with E-state index in [0.29, 0.717) is 10.0 Å². The summed E-state index contributed by atoms with van der Waals surface area (Å²) in [4.78, 5) is 0. The minimum atomic E-state index is -1.56. The maximum atomic E-state index is 13.2. The highest BCUT2D eigenvalue weighted by molar-refractivity contribution is 7.99. The van der Waals surface area contributed by atoms with Gasteiger partial charge in [0.1, 0.15) is 17.6 Å². The fourth-order valence-electron chi connectivity index (χ4n) is 2.67. The molecule has 12 heteroatoms. The molecule has 4 atom stereocenters. The first-order chi connectivity index (χ1) is 15.7. The second kappa shape index (κ2) is 13.3. The van der Waals surface area contributed by atoms with Gasteiger partial charge in [-0.2, -0.15) is 0 Å². The van der Waals surface area contributed by atoms with E-state index >= 15 is 0 Å². The topological polar surface area (TPSA) is 97.0 Å². The lowest BCUT2D eigenvalue weighted by Gasteiger charge is -2.38. The minimum Gasteiger partial charge on any atom is -0.397 e. The maximum Gasteiger partial charge on any atom is 0.194 e. The van der Waals surface area contributed by atoms with Crippen LogP contribution in [0, 0.1) is 17.5 Å². The van der Waals surface area contributed by atoms with E-state index in [2.05, 4.69) is 5.32 Å². The second-order valence-electron chi connectivity index (χ2n) is 6.70. The predicted octanol–water partition coefficient (Wildman–Crippen LogP) is 3.73. The summed E-state index contributed by atoms with van der Waals surface area (Å²) in [5.41, 5.74) is 5.25. The molecule has 0 saturated carbocycles. The number of hydrogen-bond donors (Lipinski definition) is 4. The number of thioether (sulfide) groups is 1. The van der Waals surface area contributed by atoms with Crippen LogP contribution in [0.3, 0.4) is 0 Å². The molecule has 33 heavy (non-hydrogen) atoms. The standard InChI is InChI=1S/C15H19F3N2O4S.C6H4Cl2/c1-25-15-11(23-14(22)12(6-21)24-15)5-20-4-10(19)7-2-8(16)13(18)9(17)3-7;7-5-3-1-2-4-6(5)8/h2-4,11-12,14-15,20-22H,5-6,19H2,1H3;1-4H/b10-4-;/t11-,12?,14?,15?;/m0./s1. The number of benzene rings is 2. The van der Waals surface area contributed by atoms with Gasteiger partial charge in [-0.1, -0.05) is 35.3 Å². The lowest BCUT2D eigenvalue weighted by Crippen LogP contribution is -2.52. The molecule has 1 fully saturated rings. The number of nitrogens with one attached hydrogen (secondary N) is 1. The van der Waals surface area contributed by atoms with E-state index in [0.717, 1.165) is 12.1 Å². The molecule has 0 amide bonds. The Bertz CT molecular complexity index is 913. The molecule has 1 saturated heterocycles. The van der Waals surface area contributed by atoms with Crippen molar-refractivity contribution in [3.05, 3.63) is 75.7 Å². The molecule has 0 bridgehead atoms. The molecule has 5 N–H and O–H groups in total. The summed E-state index contributed by atoms with van der Waals surface area (Å²) < 4.78 is 50.3. The monoisotopic (exact) mass is 526 g/mol. The molecular formula is C21H23Cl2F3N2O4S. The van der Waals surface area contributed by atoms with Crippen molar-refractivity contribution in [3.8, 4) is 0 Å². The number of halogens is 5. The van der Waals surface area contributed by atoms with Crippen LogP contribution in [-0.4, -0.2) is 53.6 Å². The Morgan fingerprint density at radius 1 is 1.12 bits per heavy atom. The third-order valence-corrected chi connectivity index (χ3v) is 6.01. The average Bonchev–Trinajstić information content (AvgIpc) is 2.79. The summed E-state index contributed by atoms with van der Waals surface area (Å²) in [6.07, 6.45) is 0.401. The lowest BCUT2D eigenvalue weighted by molar-refractivity contribution is -0.270. The van der Waals surface area contributed by atoms with E-state index < -0.39 is 41.4 Å². The first-order valence-corrected chi connectivity index (χ1v) is 11.6. The van der Waals surface area contributed by atoms with Gasteiger partial charge in [0, 0.05) is 18.3 Å². The smallest absolute Gasteiger partial charge is 0.194 e. The van der Waals surface area contributed by atoms with E-state index in [1.54, 1.807) is 18.4 Å². The van der Waals surface area contributed by atoms with Crippen LogP contribution in [0.25, 0.3) is 5.70 Å². The normalized spacial score (nSPS) is 23.0. The highest BCUT2D eigenvalue weighted by Gasteiger charge is 2.37. The summed E-state index contributed by atoms with van der Waals surface area (Å²) >= 11 is 12.5. The van der Waals surface area contributed by atoms with Crippen LogP contribution in [0.2, 0.25) is 10.0 Å². The first kappa shape index (κ1) is 27.6. The maximum absolute atomic E-state index is 13.2. The third-order valence-electron chi connectivity index (χ3n) is 4.38. The van der Waals surface area contributed by atoms with E-state index in [9.17, 15) is 18.3 Å². The third kappa shape index (κ3) is 7.96. The van der Waals surface area contributed by atoms with Gasteiger partial charge in [-0.15, -0.1) is 11.8 Å². The Morgan fingerprint density at radius 2 is 1.70 bits per heavy atom. The Morgan fingerprint density at radius 3 is 2.18 bits per heavy atom. The van der Waals surface area contributed by atoms with Crippen LogP contribution in [0.1, 0.15) is 5.56 Å². The Balaban J connectivity index is 0.000000405. The average molecular weight is 527 g/mol. The fraction of sp³-hybridized carbons (Fsp3) is 0.333. The zero-order chi connectivity index (χ0) is 24.5. The fourth-order valence-corrected chi connectivity index (χ4v) is 3.66. The first-order valence-electron chi connectivity index (χ1n) is 9.54. The summed E-state index contributed by atoms with van der Waals surface area (Å²) in [6, 6.07) is 8.76. The van der Waals surface area contributed by atoms with Crippen molar-refractivity contribution in [2.75, 3.05) is 19.4 Å². The Labute approximate surface area is 203 Å². The van der Waals surface area contributed by atoms with Gasteiger partial charge in [0.25, 0.3) is 0 Å². The number of aliphatic hydroxyl groups is 2. The molecular weight excluding hydrogens is 504 g/mol. The molecule has 182 valence electrons. The van der Waals surface area contributed by atoms with Crippen LogP contribution in [0.15, 0.2) is 42.6 Å². The second-order valence-corrected chi connectivity index (χ2v) is 8.45. The zero-order valence-corrected chi connectivity index (χ0v) is 19.7. The van der Waals surface area contributed by atoms with Crippen molar-refractivity contribution >= 4 is 40.7 Å². The molecule has 0 radical (unpaired) electrons. The van der Waals surface area contributed by atoms with Crippen molar-refractivity contribution in [3.63, 3.8) is 0 Å². The quantitative estimate of drug-likeness (QED) is 0.426. The summed E-state index contributed by atoms with van der Waals surface area (Å²) in [5, 5.41) is 22.8. The van der Waals surface area contributed by atoms with Crippen molar-refractivity contribution in [2.45, 2.75) is 23.9 Å². The zero-order valence-electron chi connectivity index (χ0n) is 17.4. The van der Waals surface area contributed by atoms with Crippen molar-refractivity contribution in [1.29, 1.82) is 0 Å². The van der Waals surface area contributed by atoms with Gasteiger partial charge >= 0.3 is 0 Å². The molecule has 1 aliphatic heterocycles. The van der Waals surface area contributed by atoms with E-state index in [1.807, 2.05) is 12.1 Å². The summed E-state index contributed by atoms with van der Waals surface area (Å²) in [7, 11) is 0. The highest BCUT2D eigenvalue weighted by atomic mass is 35.5. The molecule has 6 nitrogen and oxygen atoms in total. The predicted molar refractivity (Wildman–Crippen MR) is 123 cm³/mol. The number of rotatable bonds is 6. The van der Waals surface area contributed by atoms with Gasteiger partial charge in [-0.3, -0.25) is 0 Å². The van der Waals surface area contributed by atoms with E-state index in [1.165, 1.54) is 18.0 Å². The van der Waals surface area contributed by atoms with Gasteiger partial charge in [0.05, 0.1) is 22.3 Å². The largest absolute Gasteiger partial charge is 0.397 e. The molecule has 1 heterocycles. The minimum absolute atomic E-state index is 0.0102. The molecule has 0 spiro atoms. The van der Waals surface area contributed by atoms with Crippen LogP contribution < -0.4 is 11.1 Å². The molecule has 3 unspecified atom stereocenters. The Hall–Kier alpha value is -1.66. The number of nitrogens with two attached hydrogens (primary N) is 1. The SMILES string of the molecule is CSC1OC(CO)C(O)O[C@H]1CN/C=C(\N)c1cc(F)c(F)c(F)c1.Clc1ccccc1Cl. The van der Waals surface area contributed by atoms with Gasteiger partial charge in [0.2, 0.25) is 0 Å². The van der Waals surface area contributed by atoms with Crippen molar-refractivity contribution in [2.24, 2.45) is 5.73 Å². The van der Waals surface area contributed by atoms with Gasteiger partial charge in [-0.25, -0.2) is 13.2 Å². The lowest BCUT2D eigenvalue weighted by atomic mass is 10.1. The van der Waals surface area contributed by atoms with Crippen LogP contribution in [0.4, 0.5) is 13.2 Å². The highest BCUT2D eigenvalue weighted by Crippen LogP contribution is 2.25. The summed E-state index contributed by atoms with van der Waals surface area (Å²) in [6.45, 7) is -0.208. The van der Waals surface area contributed by atoms with Crippen LogP contribution >= 0.6 is 35.0 Å². The number of aliphatic hydroxyl groups excluding tert-OH is 2. The molecule has 0 aromatic heterocycles. The molecule has 0 aliphatic carbocycles. The van der Waals surface area contributed by atoms with Crippen molar-refractivity contribution < 1.29 is 32.9 Å². The molecule has 1 aliphatic rings. The Kier molecular flexibility index (Phi) is 11.1.